The van der Waals surface area contributed by atoms with Crippen LogP contribution in [-0.2, 0) is 13.0 Å². The van der Waals surface area contributed by atoms with Crippen LogP contribution in [0.15, 0.2) is 48.7 Å². The number of imidazole rings is 1. The molecule has 0 bridgehead atoms. The zero-order valence-electron chi connectivity index (χ0n) is 21.3. The first-order valence-electron chi connectivity index (χ1n) is 12.6. The van der Waals surface area contributed by atoms with Gasteiger partial charge >= 0.3 is 17.5 Å². The highest BCUT2D eigenvalue weighted by Crippen LogP contribution is 2.31. The van der Waals surface area contributed by atoms with E-state index in [-0.39, 0.29) is 36.4 Å². The number of hydrogen-bond donors (Lipinski definition) is 1. The SMILES string of the molecule is O=[N+]([O-])c1cn(CC[C@@H](O)COc2ccc3c(c2)CCCN3CCCOc2ccc(OC(F)(F)F)cc2)c(Cl)n1. The number of aromatic nitrogens is 2. The summed E-state index contributed by atoms with van der Waals surface area (Å²) in [5, 5.41) is 21.1. The minimum atomic E-state index is -4.73. The number of benzene rings is 2. The van der Waals surface area contributed by atoms with Crippen LogP contribution in [0.5, 0.6) is 17.2 Å². The first kappa shape index (κ1) is 29.3. The molecule has 0 amide bonds. The average Bonchev–Trinajstić information content (AvgIpc) is 3.29. The molecule has 0 unspecified atom stereocenters. The van der Waals surface area contributed by atoms with Crippen molar-refractivity contribution in [2.75, 3.05) is 31.2 Å². The molecule has 0 spiro atoms. The maximum atomic E-state index is 12.3. The second-order valence-corrected chi connectivity index (χ2v) is 9.51. The largest absolute Gasteiger partial charge is 0.573 e. The molecule has 1 aliphatic rings. The Morgan fingerprint density at radius 1 is 1.10 bits per heavy atom. The summed E-state index contributed by atoms with van der Waals surface area (Å²) < 4.78 is 53.6. The molecule has 0 fully saturated rings. The molecule has 216 valence electrons. The molecule has 1 aliphatic heterocycles. The average molecular weight is 585 g/mol. The fourth-order valence-corrected chi connectivity index (χ4v) is 4.57. The summed E-state index contributed by atoms with van der Waals surface area (Å²) in [5.74, 6) is 0.457. The summed E-state index contributed by atoms with van der Waals surface area (Å²) in [5.41, 5.74) is 2.24. The summed E-state index contributed by atoms with van der Waals surface area (Å²) in [4.78, 5) is 16.1. The number of rotatable bonds is 13. The highest BCUT2D eigenvalue weighted by Gasteiger charge is 2.31. The minimum absolute atomic E-state index is 0.0146. The molecule has 4 rings (SSSR count). The summed E-state index contributed by atoms with van der Waals surface area (Å²) in [6.45, 7) is 2.35. The van der Waals surface area contributed by atoms with Crippen molar-refractivity contribution in [3.63, 3.8) is 0 Å². The molecule has 3 aromatic rings. The third-order valence-electron chi connectivity index (χ3n) is 6.21. The summed E-state index contributed by atoms with van der Waals surface area (Å²) in [6.07, 6.45) is -1.45. The van der Waals surface area contributed by atoms with Crippen LogP contribution in [0.3, 0.4) is 0 Å². The second kappa shape index (κ2) is 13.1. The van der Waals surface area contributed by atoms with E-state index in [1.54, 1.807) is 0 Å². The lowest BCUT2D eigenvalue weighted by Crippen LogP contribution is -2.31. The van der Waals surface area contributed by atoms with E-state index in [0.29, 0.717) is 18.1 Å². The maximum absolute atomic E-state index is 12.3. The lowest BCUT2D eigenvalue weighted by atomic mass is 10.0. The van der Waals surface area contributed by atoms with Gasteiger partial charge in [0.2, 0.25) is 0 Å². The number of nitro groups is 1. The van der Waals surface area contributed by atoms with E-state index in [0.717, 1.165) is 43.6 Å². The Morgan fingerprint density at radius 2 is 1.82 bits per heavy atom. The predicted molar refractivity (Wildman–Crippen MR) is 140 cm³/mol. The third kappa shape index (κ3) is 8.39. The Labute approximate surface area is 233 Å². The number of anilines is 1. The van der Waals surface area contributed by atoms with Gasteiger partial charge in [-0.25, -0.2) is 0 Å². The van der Waals surface area contributed by atoms with Crippen molar-refractivity contribution in [1.82, 2.24) is 9.55 Å². The standard InChI is InChI=1S/C26H28ClF3N4O6/c27-25-31-24(34(36)37)16-33(25)13-10-19(35)17-39-22-8-9-23-18(15-22)3-1-11-32(23)12-2-14-38-20-4-6-21(7-5-20)40-26(28,29)30/h4-9,15-16,19,35H,1-3,10-14,17H2/t19-/m1/s1. The zero-order valence-corrected chi connectivity index (χ0v) is 22.1. The molecule has 0 saturated heterocycles. The van der Waals surface area contributed by atoms with Gasteiger partial charge in [0.1, 0.15) is 30.1 Å². The molecular formula is C26H28ClF3N4O6. The molecule has 0 aliphatic carbocycles. The Morgan fingerprint density at radius 3 is 2.52 bits per heavy atom. The lowest BCUT2D eigenvalue weighted by Gasteiger charge is -2.31. The van der Waals surface area contributed by atoms with Gasteiger partial charge in [0.25, 0.3) is 0 Å². The number of halogens is 4. The Hall–Kier alpha value is -3.71. The second-order valence-electron chi connectivity index (χ2n) is 9.17. The van der Waals surface area contributed by atoms with Gasteiger partial charge in [-0.15, -0.1) is 13.2 Å². The quantitative estimate of drug-likeness (QED) is 0.162. The zero-order chi connectivity index (χ0) is 28.7. The molecule has 40 heavy (non-hydrogen) atoms. The molecule has 14 heteroatoms. The van der Waals surface area contributed by atoms with Gasteiger partial charge in [-0.05, 0) is 95.2 Å². The topological polar surface area (TPSA) is 112 Å². The highest BCUT2D eigenvalue weighted by atomic mass is 35.5. The van der Waals surface area contributed by atoms with Crippen molar-refractivity contribution in [2.45, 2.75) is 44.7 Å². The van der Waals surface area contributed by atoms with Gasteiger partial charge in [-0.1, -0.05) is 0 Å². The number of aliphatic hydroxyl groups is 1. The van der Waals surface area contributed by atoms with Crippen LogP contribution in [0, 0.1) is 10.1 Å². The number of fused-ring (bicyclic) bond motifs is 1. The minimum Gasteiger partial charge on any atom is -0.494 e. The van der Waals surface area contributed by atoms with Crippen molar-refractivity contribution >= 4 is 23.1 Å². The van der Waals surface area contributed by atoms with Crippen LogP contribution in [0.1, 0.15) is 24.8 Å². The summed E-state index contributed by atoms with van der Waals surface area (Å²) >= 11 is 5.90. The monoisotopic (exact) mass is 584 g/mol. The maximum Gasteiger partial charge on any atom is 0.573 e. The van der Waals surface area contributed by atoms with Crippen LogP contribution in [0.25, 0.3) is 0 Å². The molecule has 0 saturated carbocycles. The van der Waals surface area contributed by atoms with Crippen molar-refractivity contribution in [3.05, 3.63) is 69.6 Å². The van der Waals surface area contributed by atoms with E-state index in [4.69, 9.17) is 21.1 Å². The number of ether oxygens (including phenoxy) is 3. The van der Waals surface area contributed by atoms with Gasteiger partial charge in [0.15, 0.2) is 0 Å². The number of aryl methyl sites for hydroxylation is 2. The fraction of sp³-hybridized carbons (Fsp3) is 0.423. The number of nitrogens with zero attached hydrogens (tertiary/aromatic N) is 4. The number of alkyl halides is 3. The van der Waals surface area contributed by atoms with Crippen molar-refractivity contribution in [2.24, 2.45) is 0 Å². The molecule has 0 radical (unpaired) electrons. The number of aliphatic hydroxyl groups excluding tert-OH is 1. The molecule has 10 nitrogen and oxygen atoms in total. The smallest absolute Gasteiger partial charge is 0.494 e. The lowest BCUT2D eigenvalue weighted by molar-refractivity contribution is -0.389. The third-order valence-corrected chi connectivity index (χ3v) is 6.51. The van der Waals surface area contributed by atoms with E-state index >= 15 is 0 Å². The molecular weight excluding hydrogens is 557 g/mol. The van der Waals surface area contributed by atoms with E-state index in [2.05, 4.69) is 14.6 Å². The van der Waals surface area contributed by atoms with E-state index < -0.39 is 17.4 Å². The van der Waals surface area contributed by atoms with Crippen LogP contribution in [0.2, 0.25) is 5.28 Å². The van der Waals surface area contributed by atoms with Gasteiger partial charge < -0.3 is 34.3 Å². The molecule has 1 N–H and O–H groups in total. The first-order chi connectivity index (χ1) is 19.1. The molecule has 1 aromatic heterocycles. The van der Waals surface area contributed by atoms with Gasteiger partial charge in [0.05, 0.1) is 12.7 Å². The Bertz CT molecular complexity index is 1290. The van der Waals surface area contributed by atoms with Gasteiger partial charge in [-0.3, -0.25) is 4.57 Å². The van der Waals surface area contributed by atoms with E-state index in [9.17, 15) is 28.4 Å². The van der Waals surface area contributed by atoms with Crippen LogP contribution >= 0.6 is 11.6 Å². The van der Waals surface area contributed by atoms with Gasteiger partial charge in [-0.2, -0.15) is 0 Å². The van der Waals surface area contributed by atoms with Crippen LogP contribution < -0.4 is 19.1 Å². The van der Waals surface area contributed by atoms with E-state index in [1.807, 2.05) is 18.2 Å². The van der Waals surface area contributed by atoms with Crippen molar-refractivity contribution < 1.29 is 37.4 Å². The first-order valence-corrected chi connectivity index (χ1v) is 13.0. The van der Waals surface area contributed by atoms with Crippen molar-refractivity contribution in [1.29, 1.82) is 0 Å². The van der Waals surface area contributed by atoms with Gasteiger partial charge in [0, 0.05) is 25.3 Å². The Balaban J connectivity index is 1.21. The molecule has 2 aromatic carbocycles. The van der Waals surface area contributed by atoms with Crippen LogP contribution in [-0.4, -0.2) is 58.4 Å². The van der Waals surface area contributed by atoms with Crippen LogP contribution in [0.4, 0.5) is 24.7 Å². The number of hydrogen-bond acceptors (Lipinski definition) is 8. The summed E-state index contributed by atoms with van der Waals surface area (Å²) in [7, 11) is 0. The Kier molecular flexibility index (Phi) is 9.58. The highest BCUT2D eigenvalue weighted by molar-refractivity contribution is 6.28. The molecule has 2 heterocycles. The molecule has 1 atom stereocenters. The van der Waals surface area contributed by atoms with Crippen molar-refractivity contribution in [3.8, 4) is 17.2 Å². The predicted octanol–water partition coefficient (Wildman–Crippen LogP) is 5.40. The normalized spacial score (nSPS) is 14.0. The van der Waals surface area contributed by atoms with E-state index in [1.165, 1.54) is 35.0 Å². The summed E-state index contributed by atoms with van der Waals surface area (Å²) in [6, 6.07) is 11.1. The fourth-order valence-electron chi connectivity index (χ4n) is 4.35.